The highest BCUT2D eigenvalue weighted by Gasteiger charge is 2.13. The van der Waals surface area contributed by atoms with E-state index in [-0.39, 0.29) is 23.2 Å². The van der Waals surface area contributed by atoms with E-state index in [0.717, 1.165) is 0 Å². The van der Waals surface area contributed by atoms with E-state index in [0.29, 0.717) is 12.4 Å². The summed E-state index contributed by atoms with van der Waals surface area (Å²) >= 11 is 5.83. The van der Waals surface area contributed by atoms with Crippen molar-refractivity contribution in [3.05, 3.63) is 22.8 Å². The number of hydrazine groups is 1. The van der Waals surface area contributed by atoms with Crippen LogP contribution in [0.4, 0.5) is 5.82 Å². The first-order valence-corrected chi connectivity index (χ1v) is 5.64. The molecule has 2 amide bonds. The van der Waals surface area contributed by atoms with Gasteiger partial charge in [0.15, 0.2) is 0 Å². The van der Waals surface area contributed by atoms with Crippen molar-refractivity contribution in [2.75, 3.05) is 18.5 Å². The number of hydrogen-bond acceptors (Lipinski definition) is 5. The van der Waals surface area contributed by atoms with E-state index < -0.39 is 5.91 Å². The molecule has 0 radical (unpaired) electrons. The average molecular weight is 272 g/mol. The van der Waals surface area contributed by atoms with Crippen LogP contribution in [-0.4, -0.2) is 29.9 Å². The molecule has 0 aliphatic rings. The van der Waals surface area contributed by atoms with Gasteiger partial charge in [0.2, 0.25) is 5.91 Å². The number of anilines is 1. The summed E-state index contributed by atoms with van der Waals surface area (Å²) in [6.07, 6.45) is 0. The van der Waals surface area contributed by atoms with Crippen LogP contribution in [0.15, 0.2) is 12.1 Å². The number of likely N-dealkylation sites (N-methyl/N-ethyl adjacent to an activating group) is 1. The maximum Gasteiger partial charge on any atom is 0.271 e. The van der Waals surface area contributed by atoms with E-state index in [4.69, 9.17) is 17.4 Å². The number of rotatable bonds is 5. The van der Waals surface area contributed by atoms with E-state index in [9.17, 15) is 9.59 Å². The zero-order valence-corrected chi connectivity index (χ0v) is 10.5. The van der Waals surface area contributed by atoms with Crippen molar-refractivity contribution in [3.8, 4) is 0 Å². The Morgan fingerprint density at radius 3 is 2.72 bits per heavy atom. The van der Waals surface area contributed by atoms with Crippen LogP contribution < -0.4 is 21.9 Å². The monoisotopic (exact) mass is 271 g/mol. The highest BCUT2D eigenvalue weighted by atomic mass is 35.5. The molecule has 0 atom stereocenters. The Kier molecular flexibility index (Phi) is 5.34. The molecule has 98 valence electrons. The van der Waals surface area contributed by atoms with E-state index in [1.54, 1.807) is 6.92 Å². The third-order valence-electron chi connectivity index (χ3n) is 1.99. The SMILES string of the molecule is CCNC(=O)CNC(=O)c1nc(NN)ccc1Cl. The lowest BCUT2D eigenvalue weighted by atomic mass is 10.3. The first-order chi connectivity index (χ1) is 8.58. The third-order valence-corrected chi connectivity index (χ3v) is 2.30. The van der Waals surface area contributed by atoms with Crippen molar-refractivity contribution < 1.29 is 9.59 Å². The predicted octanol–water partition coefficient (Wildman–Crippen LogP) is -0.113. The summed E-state index contributed by atoms with van der Waals surface area (Å²) in [7, 11) is 0. The Morgan fingerprint density at radius 2 is 2.11 bits per heavy atom. The van der Waals surface area contributed by atoms with Crippen molar-refractivity contribution in [2.45, 2.75) is 6.92 Å². The van der Waals surface area contributed by atoms with Crippen LogP contribution >= 0.6 is 11.6 Å². The molecular formula is C10H14ClN5O2. The maximum absolute atomic E-state index is 11.7. The normalized spacial score (nSPS) is 9.72. The molecule has 1 heterocycles. The molecule has 0 aliphatic heterocycles. The molecular weight excluding hydrogens is 258 g/mol. The molecule has 0 aromatic carbocycles. The number of hydrogen-bond donors (Lipinski definition) is 4. The molecule has 0 unspecified atom stereocenters. The summed E-state index contributed by atoms with van der Waals surface area (Å²) < 4.78 is 0. The predicted molar refractivity (Wildman–Crippen MR) is 68.1 cm³/mol. The summed E-state index contributed by atoms with van der Waals surface area (Å²) in [6, 6.07) is 3.02. The Labute approximate surface area is 109 Å². The minimum absolute atomic E-state index is 0.0106. The van der Waals surface area contributed by atoms with Crippen LogP contribution in [0.1, 0.15) is 17.4 Å². The van der Waals surface area contributed by atoms with E-state index >= 15 is 0 Å². The van der Waals surface area contributed by atoms with Crippen LogP contribution in [0, 0.1) is 0 Å². The topological polar surface area (TPSA) is 109 Å². The van der Waals surface area contributed by atoms with Gasteiger partial charge >= 0.3 is 0 Å². The van der Waals surface area contributed by atoms with E-state index in [1.165, 1.54) is 12.1 Å². The second kappa shape index (κ2) is 6.77. The van der Waals surface area contributed by atoms with Crippen LogP contribution in [-0.2, 0) is 4.79 Å². The molecule has 0 bridgehead atoms. The Hall–Kier alpha value is -1.86. The van der Waals surface area contributed by atoms with Gasteiger partial charge in [0.25, 0.3) is 5.91 Å². The van der Waals surface area contributed by atoms with Crippen molar-refractivity contribution in [1.82, 2.24) is 15.6 Å². The quantitative estimate of drug-likeness (QED) is 0.441. The molecule has 0 spiro atoms. The first-order valence-electron chi connectivity index (χ1n) is 5.26. The highest BCUT2D eigenvalue weighted by molar-refractivity contribution is 6.33. The van der Waals surface area contributed by atoms with Crippen LogP contribution in [0.25, 0.3) is 0 Å². The molecule has 7 nitrogen and oxygen atoms in total. The molecule has 8 heteroatoms. The van der Waals surface area contributed by atoms with Crippen molar-refractivity contribution >= 4 is 29.2 Å². The number of nitrogen functional groups attached to an aromatic ring is 1. The second-order valence-corrected chi connectivity index (χ2v) is 3.71. The lowest BCUT2D eigenvalue weighted by Gasteiger charge is -2.07. The maximum atomic E-state index is 11.7. The number of carbonyl (C=O) groups is 2. The lowest BCUT2D eigenvalue weighted by Crippen LogP contribution is -2.37. The molecule has 18 heavy (non-hydrogen) atoms. The van der Waals surface area contributed by atoms with Gasteiger partial charge in [-0.15, -0.1) is 0 Å². The zero-order chi connectivity index (χ0) is 13.5. The summed E-state index contributed by atoms with van der Waals surface area (Å²) in [6.45, 7) is 2.15. The minimum Gasteiger partial charge on any atom is -0.355 e. The minimum atomic E-state index is -0.539. The summed E-state index contributed by atoms with van der Waals surface area (Å²) in [5, 5.41) is 5.14. The van der Waals surface area contributed by atoms with Gasteiger partial charge in [-0.25, -0.2) is 10.8 Å². The number of pyridine rings is 1. The molecule has 1 rings (SSSR count). The molecule has 0 fully saturated rings. The molecule has 0 saturated carbocycles. The number of nitrogens with one attached hydrogen (secondary N) is 3. The second-order valence-electron chi connectivity index (χ2n) is 3.31. The molecule has 1 aromatic heterocycles. The third kappa shape index (κ3) is 3.86. The van der Waals surface area contributed by atoms with Crippen molar-refractivity contribution in [3.63, 3.8) is 0 Å². The van der Waals surface area contributed by atoms with Crippen LogP contribution in [0.3, 0.4) is 0 Å². The summed E-state index contributed by atoms with van der Waals surface area (Å²) in [5.41, 5.74) is 2.32. The number of halogens is 1. The van der Waals surface area contributed by atoms with E-state index in [1.807, 2.05) is 0 Å². The number of nitrogens with zero attached hydrogens (tertiary/aromatic N) is 1. The van der Waals surface area contributed by atoms with Crippen LogP contribution in [0.2, 0.25) is 5.02 Å². The van der Waals surface area contributed by atoms with Crippen molar-refractivity contribution in [1.29, 1.82) is 0 Å². The Morgan fingerprint density at radius 1 is 1.39 bits per heavy atom. The van der Waals surface area contributed by atoms with Gasteiger partial charge in [0, 0.05) is 6.54 Å². The van der Waals surface area contributed by atoms with Gasteiger partial charge in [-0.2, -0.15) is 0 Å². The van der Waals surface area contributed by atoms with Crippen molar-refractivity contribution in [2.24, 2.45) is 5.84 Å². The summed E-state index contributed by atoms with van der Waals surface area (Å²) in [4.78, 5) is 26.8. The summed E-state index contributed by atoms with van der Waals surface area (Å²) in [5.74, 6) is 4.67. The lowest BCUT2D eigenvalue weighted by molar-refractivity contribution is -0.120. The van der Waals surface area contributed by atoms with Gasteiger partial charge in [0.1, 0.15) is 11.5 Å². The smallest absolute Gasteiger partial charge is 0.271 e. The average Bonchev–Trinajstić information content (AvgIpc) is 2.37. The first kappa shape index (κ1) is 14.2. The van der Waals surface area contributed by atoms with Gasteiger partial charge in [-0.3, -0.25) is 9.59 Å². The Bertz CT molecular complexity index is 452. The van der Waals surface area contributed by atoms with Gasteiger partial charge < -0.3 is 16.1 Å². The fourth-order valence-electron chi connectivity index (χ4n) is 1.19. The molecule has 1 aromatic rings. The van der Waals surface area contributed by atoms with Crippen LogP contribution in [0.5, 0.6) is 0 Å². The largest absolute Gasteiger partial charge is 0.355 e. The standard InChI is InChI=1S/C10H14ClN5O2/c1-2-13-8(17)5-14-10(18)9-6(11)3-4-7(15-9)16-12/h3-4H,2,5,12H2,1H3,(H,13,17)(H,14,18)(H,15,16). The number of nitrogens with two attached hydrogens (primary N) is 1. The fraction of sp³-hybridized carbons (Fsp3) is 0.300. The number of aromatic nitrogens is 1. The Balaban J connectivity index is 2.69. The van der Waals surface area contributed by atoms with E-state index in [2.05, 4.69) is 21.0 Å². The molecule has 0 aliphatic carbocycles. The van der Waals surface area contributed by atoms with Gasteiger partial charge in [0.05, 0.1) is 11.6 Å². The highest BCUT2D eigenvalue weighted by Crippen LogP contribution is 2.15. The number of amides is 2. The van der Waals surface area contributed by atoms with Gasteiger partial charge in [-0.05, 0) is 19.1 Å². The molecule has 5 N–H and O–H groups in total. The van der Waals surface area contributed by atoms with Gasteiger partial charge in [-0.1, -0.05) is 11.6 Å². The fourth-order valence-corrected chi connectivity index (χ4v) is 1.38. The number of carbonyl (C=O) groups excluding carboxylic acids is 2. The molecule has 0 saturated heterocycles. The zero-order valence-electron chi connectivity index (χ0n) is 9.79.